The van der Waals surface area contributed by atoms with Crippen molar-refractivity contribution in [2.24, 2.45) is 0 Å². The molecule has 6 rings (SSSR count). The summed E-state index contributed by atoms with van der Waals surface area (Å²) in [5.41, 5.74) is 0.356. The maximum absolute atomic E-state index is 13.2. The summed E-state index contributed by atoms with van der Waals surface area (Å²) in [6.07, 6.45) is 6.25. The second kappa shape index (κ2) is 8.03. The molecule has 0 aliphatic carbocycles. The van der Waals surface area contributed by atoms with Gasteiger partial charge in [-0.3, -0.25) is 9.59 Å². The fraction of sp³-hybridized carbons (Fsp3) is 0.304. The number of hydrogen-bond donors (Lipinski definition) is 1. The Labute approximate surface area is 196 Å². The van der Waals surface area contributed by atoms with E-state index in [0.717, 1.165) is 16.9 Å². The van der Waals surface area contributed by atoms with Gasteiger partial charge in [0.1, 0.15) is 17.4 Å². The fourth-order valence-corrected chi connectivity index (χ4v) is 5.52. The molecule has 34 heavy (non-hydrogen) atoms. The van der Waals surface area contributed by atoms with Crippen molar-refractivity contribution < 1.29 is 19.0 Å². The zero-order valence-corrected chi connectivity index (χ0v) is 18.7. The van der Waals surface area contributed by atoms with Crippen molar-refractivity contribution in [3.63, 3.8) is 0 Å². The number of rotatable bonds is 5. The van der Waals surface area contributed by atoms with Crippen molar-refractivity contribution in [2.45, 2.75) is 31.5 Å². The molecule has 2 aliphatic rings. The van der Waals surface area contributed by atoms with Gasteiger partial charge < -0.3 is 19.3 Å². The summed E-state index contributed by atoms with van der Waals surface area (Å²) >= 11 is 1.29. The normalized spacial score (nSPS) is 19.4. The maximum Gasteiger partial charge on any atom is 0.302 e. The van der Waals surface area contributed by atoms with Crippen LogP contribution >= 0.6 is 11.3 Å². The molecule has 0 radical (unpaired) electrons. The van der Waals surface area contributed by atoms with Gasteiger partial charge in [-0.05, 0) is 24.1 Å². The van der Waals surface area contributed by atoms with Crippen LogP contribution in [0.4, 0.5) is 4.39 Å². The minimum absolute atomic E-state index is 0.0318. The van der Waals surface area contributed by atoms with E-state index in [0.29, 0.717) is 24.6 Å². The Morgan fingerprint density at radius 2 is 2.09 bits per heavy atom. The van der Waals surface area contributed by atoms with Crippen LogP contribution in [0.15, 0.2) is 47.7 Å². The maximum atomic E-state index is 13.2. The molecule has 0 spiro atoms. The largest absolute Gasteiger partial charge is 0.501 e. The van der Waals surface area contributed by atoms with E-state index in [2.05, 4.69) is 9.97 Å². The van der Waals surface area contributed by atoms with E-state index in [1.165, 1.54) is 34.1 Å². The van der Waals surface area contributed by atoms with Gasteiger partial charge in [-0.1, -0.05) is 12.1 Å². The van der Waals surface area contributed by atoms with E-state index in [1.54, 1.807) is 29.1 Å². The number of hydrogen-bond acceptors (Lipinski definition) is 7. The lowest BCUT2D eigenvalue weighted by atomic mass is 10.1. The number of aromatic hydroxyl groups is 1. The minimum Gasteiger partial charge on any atom is -0.501 e. The summed E-state index contributed by atoms with van der Waals surface area (Å²) in [6.45, 7) is 1.17. The molecule has 2 atom stereocenters. The van der Waals surface area contributed by atoms with E-state index in [4.69, 9.17) is 4.74 Å². The molecule has 11 heteroatoms. The smallest absolute Gasteiger partial charge is 0.302 e. The highest BCUT2D eigenvalue weighted by Crippen LogP contribution is 2.31. The molecular formula is C23H20FN5O4S. The van der Waals surface area contributed by atoms with Gasteiger partial charge in [-0.25, -0.2) is 18.8 Å². The highest BCUT2D eigenvalue weighted by Gasteiger charge is 2.41. The number of ether oxygens (including phenoxy) is 1. The molecule has 2 unspecified atom stereocenters. The van der Waals surface area contributed by atoms with Gasteiger partial charge in [0.25, 0.3) is 0 Å². The number of carbonyl (C=O) groups is 1. The highest BCUT2D eigenvalue weighted by molar-refractivity contribution is 7.15. The van der Waals surface area contributed by atoms with Gasteiger partial charge in [0.05, 0.1) is 18.8 Å². The lowest BCUT2D eigenvalue weighted by molar-refractivity contribution is -0.136. The molecule has 0 saturated carbocycles. The second-order valence-corrected chi connectivity index (χ2v) is 9.65. The molecule has 174 valence electrons. The Morgan fingerprint density at radius 1 is 1.26 bits per heavy atom. The molecule has 1 N–H and O–H groups in total. The molecule has 9 nitrogen and oxygen atoms in total. The molecule has 5 heterocycles. The van der Waals surface area contributed by atoms with Gasteiger partial charge in [0, 0.05) is 36.4 Å². The summed E-state index contributed by atoms with van der Waals surface area (Å²) in [4.78, 5) is 37.3. The minimum atomic E-state index is -0.630. The average molecular weight is 482 g/mol. The number of carbonyl (C=O) groups excluding carboxylic acids is 1. The topological polar surface area (TPSA) is 102 Å². The molecule has 1 aromatic carbocycles. The number of halogens is 1. The van der Waals surface area contributed by atoms with Gasteiger partial charge in [-0.15, -0.1) is 11.3 Å². The van der Waals surface area contributed by atoms with Crippen molar-refractivity contribution in [3.05, 3.63) is 69.5 Å². The van der Waals surface area contributed by atoms with Gasteiger partial charge in [-0.2, -0.15) is 0 Å². The first kappa shape index (κ1) is 21.0. The van der Waals surface area contributed by atoms with Gasteiger partial charge >= 0.3 is 5.56 Å². The third-order valence-corrected chi connectivity index (χ3v) is 7.30. The molecule has 2 aliphatic heterocycles. The third kappa shape index (κ3) is 3.57. The fourth-order valence-electron chi connectivity index (χ4n) is 4.58. The molecule has 2 saturated heterocycles. The second-order valence-electron chi connectivity index (χ2n) is 8.54. The number of amides is 1. The summed E-state index contributed by atoms with van der Waals surface area (Å²) in [7, 11) is 0. The van der Waals surface area contributed by atoms with E-state index in [-0.39, 0.29) is 41.9 Å². The van der Waals surface area contributed by atoms with Crippen LogP contribution in [0.25, 0.3) is 16.5 Å². The quantitative estimate of drug-likeness (QED) is 0.468. The average Bonchev–Trinajstić information content (AvgIpc) is 3.63. The lowest BCUT2D eigenvalue weighted by Gasteiger charge is -2.27. The number of morpholine rings is 1. The van der Waals surface area contributed by atoms with Gasteiger partial charge in [0.2, 0.25) is 17.4 Å². The lowest BCUT2D eigenvalue weighted by Crippen LogP contribution is -2.43. The Morgan fingerprint density at radius 3 is 2.82 bits per heavy atom. The van der Waals surface area contributed by atoms with Crippen LogP contribution in [0, 0.1) is 5.82 Å². The van der Waals surface area contributed by atoms with Crippen LogP contribution in [0.2, 0.25) is 0 Å². The first-order valence-electron chi connectivity index (χ1n) is 10.9. The monoisotopic (exact) mass is 481 g/mol. The number of nitrogens with zero attached hydrogens (tertiary/aromatic N) is 5. The number of benzene rings is 1. The van der Waals surface area contributed by atoms with E-state index in [9.17, 15) is 19.1 Å². The zero-order chi connectivity index (χ0) is 23.4. The van der Waals surface area contributed by atoms with Gasteiger partial charge in [0.15, 0.2) is 5.69 Å². The molecule has 1 amide bonds. The molecule has 3 aromatic heterocycles. The first-order valence-corrected chi connectivity index (χ1v) is 11.7. The Balaban J connectivity index is 1.30. The van der Waals surface area contributed by atoms with Crippen molar-refractivity contribution in [3.8, 4) is 16.5 Å². The standard InChI is InChI=1S/C23H20FN5O4S/c24-14-3-1-13(2-4-14)7-17-9-25-21(34-17)19-20(31)22(32)28-6-5-27(23(28)26-19)11-18(30)29-10-16-8-15(29)12-33-16/h1-6,9,15-16,31H,7-8,10-12H2. The van der Waals surface area contributed by atoms with Crippen LogP contribution < -0.4 is 5.56 Å². The Hall–Kier alpha value is -3.57. The predicted molar refractivity (Wildman–Crippen MR) is 121 cm³/mol. The summed E-state index contributed by atoms with van der Waals surface area (Å²) in [6, 6.07) is 6.30. The molecule has 2 fully saturated rings. The zero-order valence-electron chi connectivity index (χ0n) is 17.9. The van der Waals surface area contributed by atoms with Crippen LogP contribution in [-0.4, -0.2) is 60.1 Å². The van der Waals surface area contributed by atoms with Crippen molar-refractivity contribution in [1.82, 2.24) is 23.8 Å². The summed E-state index contributed by atoms with van der Waals surface area (Å²) < 4.78 is 21.6. The van der Waals surface area contributed by atoms with E-state index in [1.807, 2.05) is 4.90 Å². The molecule has 2 bridgehead atoms. The van der Waals surface area contributed by atoms with Crippen molar-refractivity contribution in [2.75, 3.05) is 13.2 Å². The number of thiazole rings is 1. The molecular weight excluding hydrogens is 461 g/mol. The first-order chi connectivity index (χ1) is 16.5. The van der Waals surface area contributed by atoms with Crippen LogP contribution in [0.1, 0.15) is 16.9 Å². The molecule has 4 aromatic rings. The van der Waals surface area contributed by atoms with Crippen LogP contribution in [0.5, 0.6) is 5.75 Å². The highest BCUT2D eigenvalue weighted by atomic mass is 32.1. The SMILES string of the molecule is O=C(Cn1ccn2c(=O)c(O)c(-c3ncc(Cc4ccc(F)cc4)s3)nc12)N1CC2CC1CO2. The van der Waals surface area contributed by atoms with Crippen molar-refractivity contribution in [1.29, 1.82) is 0 Å². The summed E-state index contributed by atoms with van der Waals surface area (Å²) in [5, 5.41) is 10.9. The predicted octanol–water partition coefficient (Wildman–Crippen LogP) is 2.05. The van der Waals surface area contributed by atoms with Crippen LogP contribution in [0.3, 0.4) is 0 Å². The number of likely N-dealkylation sites (tertiary alicyclic amines) is 1. The Bertz CT molecular complexity index is 1460. The third-order valence-electron chi connectivity index (χ3n) is 6.30. The van der Waals surface area contributed by atoms with Crippen molar-refractivity contribution >= 4 is 23.0 Å². The summed E-state index contributed by atoms with van der Waals surface area (Å²) in [5.74, 6) is -0.613. The van der Waals surface area contributed by atoms with E-state index >= 15 is 0 Å². The van der Waals surface area contributed by atoms with E-state index < -0.39 is 11.3 Å². The number of imidazole rings is 1. The Kier molecular flexibility index (Phi) is 4.96. The number of fused-ring (bicyclic) bond motifs is 3. The van der Waals surface area contributed by atoms with Crippen LogP contribution in [-0.2, 0) is 22.5 Å². The number of aromatic nitrogens is 4.